The molecule has 1 saturated carbocycles. The molecule has 0 bridgehead atoms. The van der Waals surface area contributed by atoms with E-state index in [1.807, 2.05) is 0 Å². The lowest BCUT2D eigenvalue weighted by atomic mass is 10.1. The maximum absolute atomic E-state index is 11.9. The molecule has 0 heterocycles. The highest BCUT2D eigenvalue weighted by Crippen LogP contribution is 2.47. The molecule has 1 aliphatic carbocycles. The van der Waals surface area contributed by atoms with Gasteiger partial charge < -0.3 is 20.3 Å². The van der Waals surface area contributed by atoms with Gasteiger partial charge in [0.15, 0.2) is 0 Å². The summed E-state index contributed by atoms with van der Waals surface area (Å²) in [4.78, 5) is 20.4. The number of aliphatic carboxylic acids is 1. The zero-order chi connectivity index (χ0) is 13.3. The summed E-state index contributed by atoms with van der Waals surface area (Å²) in [6.45, 7) is 0. The Morgan fingerprint density at radius 3 is 2.39 bits per heavy atom. The van der Waals surface area contributed by atoms with Crippen LogP contribution >= 0.6 is 7.60 Å². The first-order valence-corrected chi connectivity index (χ1v) is 7.08. The zero-order valence-corrected chi connectivity index (χ0v) is 10.4. The van der Waals surface area contributed by atoms with Gasteiger partial charge in [-0.3, -0.25) is 9.36 Å². The van der Waals surface area contributed by atoms with Crippen molar-refractivity contribution in [3.8, 4) is 0 Å². The van der Waals surface area contributed by atoms with E-state index < -0.39 is 19.6 Å². The summed E-state index contributed by atoms with van der Waals surface area (Å²) in [5, 5.41) is 8.89. The molecule has 0 spiro atoms. The molecule has 1 aromatic rings. The van der Waals surface area contributed by atoms with Crippen molar-refractivity contribution in [3.05, 3.63) is 29.8 Å². The van der Waals surface area contributed by atoms with Gasteiger partial charge in [-0.05, 0) is 30.5 Å². The second-order valence-corrected chi connectivity index (χ2v) is 6.00. The van der Waals surface area contributed by atoms with Crippen molar-refractivity contribution >= 4 is 18.9 Å². The maximum Gasteiger partial charge on any atom is 0.359 e. The number of carbonyl (C=O) groups is 1. The van der Waals surface area contributed by atoms with Crippen molar-refractivity contribution in [2.24, 2.45) is 5.73 Å². The molecule has 2 atom stereocenters. The van der Waals surface area contributed by atoms with Gasteiger partial charge in [0, 0.05) is 0 Å². The van der Waals surface area contributed by atoms with Crippen LogP contribution in [0.4, 0.5) is 0 Å². The van der Waals surface area contributed by atoms with Crippen LogP contribution in [0.1, 0.15) is 24.4 Å². The average molecular weight is 271 g/mol. The minimum Gasteiger partial charge on any atom is -0.480 e. The van der Waals surface area contributed by atoms with Gasteiger partial charge in [0.2, 0.25) is 0 Å². The molecule has 0 amide bonds. The molecule has 98 valence electrons. The quantitative estimate of drug-likeness (QED) is 0.682. The molecular weight excluding hydrogens is 257 g/mol. The Kier molecular flexibility index (Phi) is 3.54. The fourth-order valence-electron chi connectivity index (χ4n) is 1.45. The number of nitrogens with two attached hydrogens (primary N) is 1. The van der Waals surface area contributed by atoms with Gasteiger partial charge in [-0.25, -0.2) is 0 Å². The second kappa shape index (κ2) is 4.82. The molecule has 6 nitrogen and oxygen atoms in total. The van der Waals surface area contributed by atoms with Crippen molar-refractivity contribution in [3.63, 3.8) is 0 Å². The molecule has 4 N–H and O–H groups in total. The van der Waals surface area contributed by atoms with Gasteiger partial charge in [-0.1, -0.05) is 12.1 Å². The standard InChI is InChI=1S/C11H14NO5P/c12-10(11(13)14)7-1-5-9(6-2-7)18(15,16)17-8-3-4-8/h1-2,5-6,8,10H,3-4,12H2,(H,13,14)(H,15,16)/t10-/m0/s1. The van der Waals surface area contributed by atoms with Gasteiger partial charge in [0.25, 0.3) is 0 Å². The summed E-state index contributed by atoms with van der Waals surface area (Å²) in [6, 6.07) is 4.46. The van der Waals surface area contributed by atoms with Crippen LogP contribution < -0.4 is 11.0 Å². The molecule has 7 heteroatoms. The third-order valence-electron chi connectivity index (χ3n) is 2.66. The lowest BCUT2D eigenvalue weighted by molar-refractivity contribution is -0.138. The maximum atomic E-state index is 11.9. The number of carboxylic acids is 1. The minimum atomic E-state index is -3.80. The zero-order valence-electron chi connectivity index (χ0n) is 9.52. The fourth-order valence-corrected chi connectivity index (χ4v) is 2.71. The van der Waals surface area contributed by atoms with Crippen molar-refractivity contribution in [2.75, 3.05) is 0 Å². The molecule has 0 aliphatic heterocycles. The average Bonchev–Trinajstić information content (AvgIpc) is 3.11. The van der Waals surface area contributed by atoms with Gasteiger partial charge in [0.05, 0.1) is 11.4 Å². The van der Waals surface area contributed by atoms with E-state index >= 15 is 0 Å². The Hall–Kier alpha value is -1.20. The SMILES string of the molecule is N[C@H](C(=O)O)c1ccc(P(=O)(O)OC2CC2)cc1. The Balaban J connectivity index is 2.16. The molecule has 1 aromatic carbocycles. The summed E-state index contributed by atoms with van der Waals surface area (Å²) >= 11 is 0. The molecule has 1 unspecified atom stereocenters. The highest BCUT2D eigenvalue weighted by Gasteiger charge is 2.33. The van der Waals surface area contributed by atoms with Gasteiger partial charge >= 0.3 is 13.6 Å². The number of benzene rings is 1. The topological polar surface area (TPSA) is 110 Å². The van der Waals surface area contributed by atoms with E-state index in [1.165, 1.54) is 24.3 Å². The van der Waals surface area contributed by atoms with Crippen LogP contribution in [0.2, 0.25) is 0 Å². The van der Waals surface area contributed by atoms with Crippen LogP contribution in [0.5, 0.6) is 0 Å². The van der Waals surface area contributed by atoms with Crippen LogP contribution in [0.15, 0.2) is 24.3 Å². The van der Waals surface area contributed by atoms with Crippen LogP contribution in [0.25, 0.3) is 0 Å². The molecule has 0 radical (unpaired) electrons. The monoisotopic (exact) mass is 271 g/mol. The third kappa shape index (κ3) is 2.97. The first-order chi connectivity index (χ1) is 8.40. The van der Waals surface area contributed by atoms with E-state index in [4.69, 9.17) is 15.4 Å². The summed E-state index contributed by atoms with van der Waals surface area (Å²) in [5.74, 6) is -1.15. The number of hydrogen-bond acceptors (Lipinski definition) is 4. The smallest absolute Gasteiger partial charge is 0.359 e. The van der Waals surface area contributed by atoms with Crippen molar-refractivity contribution in [2.45, 2.75) is 25.0 Å². The predicted molar refractivity (Wildman–Crippen MR) is 64.6 cm³/mol. The van der Waals surface area contributed by atoms with Crippen LogP contribution in [-0.2, 0) is 13.9 Å². The highest BCUT2D eigenvalue weighted by atomic mass is 31.2. The Morgan fingerprint density at radius 1 is 1.39 bits per heavy atom. The summed E-state index contributed by atoms with van der Waals surface area (Å²) in [7, 11) is -3.80. The lowest BCUT2D eigenvalue weighted by Crippen LogP contribution is -2.21. The normalized spacial score (nSPS) is 20.1. The Morgan fingerprint density at radius 2 is 1.94 bits per heavy atom. The van der Waals surface area contributed by atoms with Gasteiger partial charge in [-0.2, -0.15) is 0 Å². The first-order valence-electron chi connectivity index (χ1n) is 5.50. The predicted octanol–water partition coefficient (Wildman–Crippen LogP) is 0.761. The fraction of sp³-hybridized carbons (Fsp3) is 0.364. The number of carboxylic acid groups (broad SMARTS) is 1. The van der Waals surface area contributed by atoms with Crippen LogP contribution in [0.3, 0.4) is 0 Å². The van der Waals surface area contributed by atoms with Crippen LogP contribution in [0, 0.1) is 0 Å². The van der Waals surface area contributed by atoms with E-state index in [-0.39, 0.29) is 11.4 Å². The van der Waals surface area contributed by atoms with Crippen molar-refractivity contribution in [1.82, 2.24) is 0 Å². The molecule has 1 fully saturated rings. The molecular formula is C11H14NO5P. The highest BCUT2D eigenvalue weighted by molar-refractivity contribution is 7.61. The number of rotatable bonds is 5. The van der Waals surface area contributed by atoms with Gasteiger partial charge in [-0.15, -0.1) is 0 Å². The first kappa shape index (κ1) is 13.2. The van der Waals surface area contributed by atoms with Gasteiger partial charge in [0.1, 0.15) is 6.04 Å². The molecule has 2 rings (SSSR count). The van der Waals surface area contributed by atoms with E-state index in [1.54, 1.807) is 0 Å². The van der Waals surface area contributed by atoms with Crippen molar-refractivity contribution in [1.29, 1.82) is 0 Å². The largest absolute Gasteiger partial charge is 0.480 e. The van der Waals surface area contributed by atoms with E-state index in [9.17, 15) is 14.3 Å². The molecule has 0 saturated heterocycles. The minimum absolute atomic E-state index is 0.137. The third-order valence-corrected chi connectivity index (χ3v) is 4.20. The summed E-state index contributed by atoms with van der Waals surface area (Å²) in [6.07, 6.45) is 1.46. The molecule has 18 heavy (non-hydrogen) atoms. The lowest BCUT2D eigenvalue weighted by Gasteiger charge is -2.13. The Bertz CT molecular complexity index is 497. The van der Waals surface area contributed by atoms with Crippen molar-refractivity contribution < 1.29 is 23.9 Å². The van der Waals surface area contributed by atoms with E-state index in [0.717, 1.165) is 12.8 Å². The summed E-state index contributed by atoms with van der Waals surface area (Å²) < 4.78 is 16.9. The second-order valence-electron chi connectivity index (χ2n) is 4.23. The van der Waals surface area contributed by atoms with E-state index in [0.29, 0.717) is 5.56 Å². The van der Waals surface area contributed by atoms with Crippen LogP contribution in [-0.4, -0.2) is 22.1 Å². The summed E-state index contributed by atoms with van der Waals surface area (Å²) in [5.41, 5.74) is 5.80. The molecule has 0 aromatic heterocycles. The Labute approximate surface area is 104 Å². The number of hydrogen-bond donors (Lipinski definition) is 3. The molecule has 1 aliphatic rings. The van der Waals surface area contributed by atoms with E-state index in [2.05, 4.69) is 0 Å².